The minimum absolute atomic E-state index is 0.0849. The fourth-order valence-electron chi connectivity index (χ4n) is 1.56. The number of nitriles is 1. The van der Waals surface area contributed by atoms with Gasteiger partial charge in [0.1, 0.15) is 0 Å². The van der Waals surface area contributed by atoms with Crippen molar-refractivity contribution in [3.8, 4) is 6.07 Å². The molecule has 0 amide bonds. The fourth-order valence-corrected chi connectivity index (χ4v) is 3.77. The number of hydrogen-bond acceptors (Lipinski definition) is 2. The molecule has 0 aliphatic carbocycles. The van der Waals surface area contributed by atoms with Gasteiger partial charge in [0.2, 0.25) is 0 Å². The Morgan fingerprint density at radius 3 is 2.63 bits per heavy atom. The molecule has 0 atom stereocenters. The van der Waals surface area contributed by atoms with Gasteiger partial charge in [0.15, 0.2) is 0 Å². The minimum atomic E-state index is 0.0849. The third kappa shape index (κ3) is 4.04. The number of carbonyl (C=O) groups excluding carboxylic acids is 1. The van der Waals surface area contributed by atoms with Gasteiger partial charge in [0.05, 0.1) is 0 Å². The number of nitrogens with zero attached hydrogens (tertiary/aromatic N) is 1. The summed E-state index contributed by atoms with van der Waals surface area (Å²) >= 11 is 3.45. The van der Waals surface area contributed by atoms with E-state index >= 15 is 0 Å². The van der Waals surface area contributed by atoms with Gasteiger partial charge in [-0.3, -0.25) is 0 Å². The van der Waals surface area contributed by atoms with Crippen LogP contribution in [0.3, 0.4) is 0 Å². The van der Waals surface area contributed by atoms with Crippen LogP contribution in [0, 0.1) is 11.3 Å². The molecule has 19 heavy (non-hydrogen) atoms. The van der Waals surface area contributed by atoms with Crippen molar-refractivity contribution in [2.75, 3.05) is 0 Å². The van der Waals surface area contributed by atoms with Crippen molar-refractivity contribution in [1.82, 2.24) is 0 Å². The van der Waals surface area contributed by atoms with E-state index in [0.717, 1.165) is 4.47 Å². The van der Waals surface area contributed by atoms with E-state index in [-0.39, 0.29) is 20.7 Å². The molecule has 0 N–H and O–H groups in total. The molecule has 0 spiro atoms. The number of Topliss-reactive ketones (excluding diaryl/α,β-unsaturated/α-hetero) is 1. The van der Waals surface area contributed by atoms with Crippen LogP contribution in [0.1, 0.15) is 15.9 Å². The van der Waals surface area contributed by atoms with Crippen LogP contribution >= 0.6 is 15.9 Å². The van der Waals surface area contributed by atoms with Gasteiger partial charge in [-0.25, -0.2) is 0 Å². The maximum atomic E-state index is 12.1. The van der Waals surface area contributed by atoms with Gasteiger partial charge in [-0.15, -0.1) is 0 Å². The quantitative estimate of drug-likeness (QED) is 0.606. The van der Waals surface area contributed by atoms with Gasteiger partial charge in [-0.05, 0) is 0 Å². The second-order valence-electron chi connectivity index (χ2n) is 3.87. The molecule has 2 nitrogen and oxygen atoms in total. The van der Waals surface area contributed by atoms with E-state index in [2.05, 4.69) is 22.0 Å². The Labute approximate surface area is 126 Å². The van der Waals surface area contributed by atoms with Crippen LogP contribution in [0.2, 0.25) is 5.32 Å². The average molecular weight is 379 g/mol. The molecule has 2 aromatic carbocycles. The number of hydrogen-bond donors (Lipinski definition) is 0. The molecule has 0 aliphatic rings. The summed E-state index contributed by atoms with van der Waals surface area (Å²) in [6, 6.07) is 17.2. The van der Waals surface area contributed by atoms with Gasteiger partial charge < -0.3 is 0 Å². The summed E-state index contributed by atoms with van der Waals surface area (Å²) < 4.78 is 1.97. The summed E-state index contributed by atoms with van der Waals surface area (Å²) in [5.41, 5.74) is 1.11. The molecule has 0 aliphatic heterocycles. The SMILES string of the molecule is N#Cc1cc(Br)cc(C(=O)C[Se]c2ccccc2)c1. The molecule has 94 valence electrons. The Kier molecular flexibility index (Phi) is 4.92. The number of halogens is 1. The second kappa shape index (κ2) is 6.68. The molecule has 0 saturated heterocycles. The summed E-state index contributed by atoms with van der Waals surface area (Å²) in [6.45, 7) is 0. The van der Waals surface area contributed by atoms with Crippen molar-refractivity contribution in [1.29, 1.82) is 5.26 Å². The Balaban J connectivity index is 2.08. The van der Waals surface area contributed by atoms with Gasteiger partial charge in [-0.2, -0.15) is 0 Å². The number of rotatable bonds is 4. The van der Waals surface area contributed by atoms with Crippen molar-refractivity contribution in [2.45, 2.75) is 5.32 Å². The standard InChI is InChI=1S/C15H10BrNOSe/c16-13-7-11(9-17)6-12(8-13)15(18)10-19-14-4-2-1-3-5-14/h1-8H,10H2. The Morgan fingerprint density at radius 2 is 1.95 bits per heavy atom. The number of ketones is 1. The van der Waals surface area contributed by atoms with Crippen molar-refractivity contribution >= 4 is 41.1 Å². The normalized spacial score (nSPS) is 9.89. The van der Waals surface area contributed by atoms with Crippen LogP contribution in [-0.4, -0.2) is 20.7 Å². The molecule has 0 unspecified atom stereocenters. The van der Waals surface area contributed by atoms with Gasteiger partial charge in [-0.1, -0.05) is 0 Å². The first-order valence-electron chi connectivity index (χ1n) is 5.61. The topological polar surface area (TPSA) is 40.9 Å². The van der Waals surface area contributed by atoms with Crippen molar-refractivity contribution in [3.63, 3.8) is 0 Å². The van der Waals surface area contributed by atoms with Gasteiger partial charge >= 0.3 is 127 Å². The zero-order valence-corrected chi connectivity index (χ0v) is 13.3. The first kappa shape index (κ1) is 14.0. The number of benzene rings is 2. The summed E-state index contributed by atoms with van der Waals surface area (Å²) in [5, 5.41) is 9.41. The summed E-state index contributed by atoms with van der Waals surface area (Å²) in [6.07, 6.45) is 0. The molecular weight excluding hydrogens is 369 g/mol. The molecule has 0 radical (unpaired) electrons. The Bertz CT molecular complexity index is 634. The zero-order valence-electron chi connectivity index (χ0n) is 9.97. The van der Waals surface area contributed by atoms with E-state index in [1.54, 1.807) is 18.2 Å². The van der Waals surface area contributed by atoms with Crippen LogP contribution in [0.15, 0.2) is 53.0 Å². The predicted molar refractivity (Wildman–Crippen MR) is 79.8 cm³/mol. The third-order valence-electron chi connectivity index (χ3n) is 2.46. The van der Waals surface area contributed by atoms with E-state index in [0.29, 0.717) is 16.4 Å². The monoisotopic (exact) mass is 379 g/mol. The number of carbonyl (C=O) groups is 1. The first-order chi connectivity index (χ1) is 9.19. The molecule has 0 heterocycles. The van der Waals surface area contributed by atoms with E-state index in [1.807, 2.05) is 30.3 Å². The van der Waals surface area contributed by atoms with Crippen molar-refractivity contribution < 1.29 is 4.79 Å². The molecule has 2 rings (SSSR count). The van der Waals surface area contributed by atoms with E-state index in [1.165, 1.54) is 4.46 Å². The fraction of sp³-hybridized carbons (Fsp3) is 0.0667. The molecule has 4 heteroatoms. The van der Waals surface area contributed by atoms with Crippen LogP contribution in [-0.2, 0) is 0 Å². The zero-order chi connectivity index (χ0) is 13.7. The van der Waals surface area contributed by atoms with Crippen LogP contribution in [0.5, 0.6) is 0 Å². The van der Waals surface area contributed by atoms with E-state index < -0.39 is 0 Å². The Hall–Kier alpha value is -1.40. The third-order valence-corrected chi connectivity index (χ3v) is 5.04. The van der Waals surface area contributed by atoms with Crippen LogP contribution in [0.4, 0.5) is 0 Å². The maximum absolute atomic E-state index is 12.1. The predicted octanol–water partition coefficient (Wildman–Crippen LogP) is 2.95. The Morgan fingerprint density at radius 1 is 1.21 bits per heavy atom. The molecule has 2 aromatic rings. The summed E-state index contributed by atoms with van der Waals surface area (Å²) in [5.74, 6) is 0.0849. The first-order valence-corrected chi connectivity index (χ1v) is 8.47. The molecule has 0 aromatic heterocycles. The van der Waals surface area contributed by atoms with Crippen LogP contribution in [0.25, 0.3) is 0 Å². The van der Waals surface area contributed by atoms with E-state index in [4.69, 9.17) is 5.26 Å². The van der Waals surface area contributed by atoms with Gasteiger partial charge in [0, 0.05) is 0 Å². The van der Waals surface area contributed by atoms with Crippen molar-refractivity contribution in [2.24, 2.45) is 0 Å². The average Bonchev–Trinajstić information content (AvgIpc) is 2.45. The molecule has 0 fully saturated rings. The molecular formula is C15H10BrNOSe. The van der Waals surface area contributed by atoms with E-state index in [9.17, 15) is 4.79 Å². The second-order valence-corrected chi connectivity index (χ2v) is 6.98. The van der Waals surface area contributed by atoms with Crippen LogP contribution < -0.4 is 4.46 Å². The summed E-state index contributed by atoms with van der Waals surface area (Å²) in [4.78, 5) is 12.1. The summed E-state index contributed by atoms with van der Waals surface area (Å²) in [7, 11) is 0. The van der Waals surface area contributed by atoms with Gasteiger partial charge in [0.25, 0.3) is 0 Å². The molecule has 0 bridgehead atoms. The van der Waals surface area contributed by atoms with Crippen molar-refractivity contribution in [3.05, 3.63) is 64.1 Å². The molecule has 0 saturated carbocycles.